The zero-order valence-electron chi connectivity index (χ0n) is 8.47. The third-order valence-corrected chi connectivity index (χ3v) is 2.79. The van der Waals surface area contributed by atoms with Crippen LogP contribution in [0.5, 0.6) is 0 Å². The molecular formula is C11H13ClFNO. The first-order valence-corrected chi connectivity index (χ1v) is 4.72. The van der Waals surface area contributed by atoms with E-state index in [0.717, 1.165) is 18.4 Å². The Balaban J connectivity index is 0.00000112. The number of ketones is 1. The van der Waals surface area contributed by atoms with Gasteiger partial charge in [-0.3, -0.25) is 4.79 Å². The van der Waals surface area contributed by atoms with Crippen LogP contribution in [0.2, 0.25) is 0 Å². The van der Waals surface area contributed by atoms with Gasteiger partial charge in [0.2, 0.25) is 0 Å². The summed E-state index contributed by atoms with van der Waals surface area (Å²) in [6.07, 6.45) is 2.09. The first kappa shape index (κ1) is 12.0. The minimum atomic E-state index is -0.309. The highest BCUT2D eigenvalue weighted by Gasteiger charge is 2.23. The van der Waals surface area contributed by atoms with E-state index in [1.165, 1.54) is 6.07 Å². The Labute approximate surface area is 94.1 Å². The average molecular weight is 230 g/mol. The minimum Gasteiger partial charge on any atom is -0.398 e. The number of carbonyl (C=O) groups excluding carboxylic acids is 1. The van der Waals surface area contributed by atoms with Crippen LogP contribution >= 0.6 is 12.4 Å². The number of halogens is 2. The molecule has 0 unspecified atom stereocenters. The smallest absolute Gasteiger partial charge is 0.165 e. The maximum absolute atomic E-state index is 13.3. The lowest BCUT2D eigenvalue weighted by atomic mass is 9.86. The van der Waals surface area contributed by atoms with E-state index in [-0.39, 0.29) is 29.7 Å². The molecule has 0 heterocycles. The molecule has 0 aromatic heterocycles. The Morgan fingerprint density at radius 1 is 1.40 bits per heavy atom. The molecule has 2 nitrogen and oxygen atoms in total. The molecule has 0 fully saturated rings. The van der Waals surface area contributed by atoms with Gasteiger partial charge in [-0.1, -0.05) is 0 Å². The molecule has 82 valence electrons. The molecule has 4 heteroatoms. The fraction of sp³-hybridized carbons (Fsp3) is 0.364. The molecule has 0 aliphatic heterocycles. The standard InChI is InChI=1S/C11H12FNO.ClH/c1-6-7-3-2-4-10(14)11(7)9(13)5-8(6)12;/h5H,2-4,13H2,1H3;1H. The van der Waals surface area contributed by atoms with E-state index in [2.05, 4.69) is 0 Å². The summed E-state index contributed by atoms with van der Waals surface area (Å²) in [5, 5.41) is 0. The van der Waals surface area contributed by atoms with Gasteiger partial charge in [-0.15, -0.1) is 12.4 Å². The Morgan fingerprint density at radius 2 is 2.07 bits per heavy atom. The second-order valence-corrected chi connectivity index (χ2v) is 3.70. The number of nitrogen functional groups attached to an aromatic ring is 1. The van der Waals surface area contributed by atoms with Crippen molar-refractivity contribution >= 4 is 23.9 Å². The van der Waals surface area contributed by atoms with E-state index in [9.17, 15) is 9.18 Å². The van der Waals surface area contributed by atoms with Crippen LogP contribution in [0.25, 0.3) is 0 Å². The fourth-order valence-corrected chi connectivity index (χ4v) is 2.02. The van der Waals surface area contributed by atoms with Gasteiger partial charge in [-0.25, -0.2) is 4.39 Å². The molecule has 0 spiro atoms. The zero-order chi connectivity index (χ0) is 10.3. The maximum Gasteiger partial charge on any atom is 0.165 e. The van der Waals surface area contributed by atoms with Crippen LogP contribution in [0.1, 0.15) is 34.3 Å². The van der Waals surface area contributed by atoms with Gasteiger partial charge in [0.15, 0.2) is 5.78 Å². The highest BCUT2D eigenvalue weighted by molar-refractivity contribution is 6.03. The second-order valence-electron chi connectivity index (χ2n) is 3.70. The van der Waals surface area contributed by atoms with Gasteiger partial charge in [-0.2, -0.15) is 0 Å². The molecule has 1 aromatic carbocycles. The topological polar surface area (TPSA) is 43.1 Å². The van der Waals surface area contributed by atoms with E-state index in [1.54, 1.807) is 6.92 Å². The quantitative estimate of drug-likeness (QED) is 0.695. The van der Waals surface area contributed by atoms with Crippen LogP contribution in [0.15, 0.2) is 6.07 Å². The number of hydrogen-bond acceptors (Lipinski definition) is 2. The van der Waals surface area contributed by atoms with Crippen molar-refractivity contribution < 1.29 is 9.18 Å². The normalized spacial score (nSPS) is 14.4. The second kappa shape index (κ2) is 4.19. The molecule has 1 aliphatic carbocycles. The van der Waals surface area contributed by atoms with E-state index < -0.39 is 0 Å². The molecule has 2 rings (SSSR count). The molecule has 0 amide bonds. The third kappa shape index (κ3) is 1.84. The molecular weight excluding hydrogens is 217 g/mol. The Hall–Kier alpha value is -1.09. The number of nitrogens with two attached hydrogens (primary N) is 1. The summed E-state index contributed by atoms with van der Waals surface area (Å²) >= 11 is 0. The average Bonchev–Trinajstić information content (AvgIpc) is 2.14. The summed E-state index contributed by atoms with van der Waals surface area (Å²) in [6.45, 7) is 1.70. The Kier molecular flexibility index (Phi) is 3.35. The van der Waals surface area contributed by atoms with E-state index in [0.29, 0.717) is 17.5 Å². The van der Waals surface area contributed by atoms with Gasteiger partial charge < -0.3 is 5.73 Å². The third-order valence-electron chi connectivity index (χ3n) is 2.79. The van der Waals surface area contributed by atoms with Gasteiger partial charge in [0, 0.05) is 17.7 Å². The van der Waals surface area contributed by atoms with E-state index >= 15 is 0 Å². The highest BCUT2D eigenvalue weighted by atomic mass is 35.5. The largest absolute Gasteiger partial charge is 0.398 e. The Bertz CT molecular complexity index is 418. The minimum absolute atomic E-state index is 0. The molecule has 0 saturated heterocycles. The zero-order valence-corrected chi connectivity index (χ0v) is 9.29. The highest BCUT2D eigenvalue weighted by Crippen LogP contribution is 2.30. The van der Waals surface area contributed by atoms with Gasteiger partial charge in [0.05, 0.1) is 0 Å². The Morgan fingerprint density at radius 3 is 2.73 bits per heavy atom. The number of rotatable bonds is 0. The lowest BCUT2D eigenvalue weighted by Gasteiger charge is -2.19. The molecule has 0 saturated carbocycles. The number of benzene rings is 1. The van der Waals surface area contributed by atoms with Crippen molar-refractivity contribution in [2.45, 2.75) is 26.2 Å². The summed E-state index contributed by atoms with van der Waals surface area (Å²) in [4.78, 5) is 11.6. The van der Waals surface area contributed by atoms with Crippen molar-refractivity contribution in [1.29, 1.82) is 0 Å². The number of anilines is 1. The SMILES string of the molecule is Cc1c(F)cc(N)c2c1CCCC2=O.Cl. The predicted octanol–water partition coefficient (Wildman–Crippen LogP) is 2.66. The van der Waals surface area contributed by atoms with Gasteiger partial charge in [0.25, 0.3) is 0 Å². The molecule has 1 aliphatic rings. The molecule has 0 atom stereocenters. The van der Waals surface area contributed by atoms with Crippen molar-refractivity contribution in [3.05, 3.63) is 28.6 Å². The molecule has 1 aromatic rings. The number of carbonyl (C=O) groups is 1. The van der Waals surface area contributed by atoms with Crippen molar-refractivity contribution in [1.82, 2.24) is 0 Å². The van der Waals surface area contributed by atoms with Crippen molar-refractivity contribution in [2.75, 3.05) is 5.73 Å². The van der Waals surface area contributed by atoms with Crippen molar-refractivity contribution in [3.8, 4) is 0 Å². The summed E-state index contributed by atoms with van der Waals surface area (Å²) in [5.74, 6) is -0.261. The van der Waals surface area contributed by atoms with E-state index in [1.807, 2.05) is 0 Å². The van der Waals surface area contributed by atoms with Crippen molar-refractivity contribution in [3.63, 3.8) is 0 Å². The van der Waals surface area contributed by atoms with E-state index in [4.69, 9.17) is 5.73 Å². The number of hydrogen-bond donors (Lipinski definition) is 1. The van der Waals surface area contributed by atoms with Crippen LogP contribution in [0, 0.1) is 12.7 Å². The van der Waals surface area contributed by atoms with Crippen LogP contribution in [-0.2, 0) is 6.42 Å². The van der Waals surface area contributed by atoms with Crippen molar-refractivity contribution in [2.24, 2.45) is 0 Å². The molecule has 2 N–H and O–H groups in total. The monoisotopic (exact) mass is 229 g/mol. The van der Waals surface area contributed by atoms with Gasteiger partial charge in [-0.05, 0) is 37.0 Å². The summed E-state index contributed by atoms with van der Waals surface area (Å²) in [7, 11) is 0. The van der Waals surface area contributed by atoms with Crippen LogP contribution in [0.3, 0.4) is 0 Å². The fourth-order valence-electron chi connectivity index (χ4n) is 2.02. The first-order chi connectivity index (χ1) is 6.61. The number of Topliss-reactive ketones (excluding diaryl/α,β-unsaturated/α-hetero) is 1. The van der Waals surface area contributed by atoms with Crippen LogP contribution in [-0.4, -0.2) is 5.78 Å². The molecule has 15 heavy (non-hydrogen) atoms. The molecule has 0 radical (unpaired) electrons. The maximum atomic E-state index is 13.3. The predicted molar refractivity (Wildman–Crippen MR) is 60.1 cm³/mol. The lowest BCUT2D eigenvalue weighted by molar-refractivity contribution is 0.0973. The summed E-state index contributed by atoms with van der Waals surface area (Å²) in [5.41, 5.74) is 7.85. The molecule has 0 bridgehead atoms. The number of fused-ring (bicyclic) bond motifs is 1. The van der Waals surface area contributed by atoms with Crippen LogP contribution < -0.4 is 5.73 Å². The summed E-state index contributed by atoms with van der Waals surface area (Å²) < 4.78 is 13.3. The van der Waals surface area contributed by atoms with Gasteiger partial charge >= 0.3 is 0 Å². The van der Waals surface area contributed by atoms with Gasteiger partial charge in [0.1, 0.15) is 5.82 Å². The van der Waals surface area contributed by atoms with Crippen LogP contribution in [0.4, 0.5) is 10.1 Å². The summed E-state index contributed by atoms with van der Waals surface area (Å²) in [6, 6.07) is 1.25. The lowest BCUT2D eigenvalue weighted by Crippen LogP contribution is -2.15. The first-order valence-electron chi connectivity index (χ1n) is 4.72.